The Bertz CT molecular complexity index is 3550. The highest BCUT2D eigenvalue weighted by molar-refractivity contribution is 6.20. The molecule has 10 aromatic carbocycles. The highest BCUT2D eigenvalue weighted by Gasteiger charge is 2.35. The fraction of sp³-hybridized carbons (Fsp3) is 0.0492. The molecule has 0 unspecified atom stereocenters. The monoisotopic (exact) mass is 802 g/mol. The molecule has 0 saturated heterocycles. The fourth-order valence-corrected chi connectivity index (χ4v) is 9.99. The Kier molecular flexibility index (Phi) is 8.55. The van der Waals surface area contributed by atoms with Gasteiger partial charge in [-0.2, -0.15) is 0 Å². The normalized spacial score (nSPS) is 12.7. The van der Waals surface area contributed by atoms with Gasteiger partial charge in [0.25, 0.3) is 0 Å². The molecule has 0 fully saturated rings. The minimum Gasteiger partial charge on any atom is -0.228 e. The Morgan fingerprint density at radius 1 is 0.302 bits per heavy atom. The van der Waals surface area contributed by atoms with E-state index in [0.29, 0.717) is 5.82 Å². The minimum atomic E-state index is -0.0153. The van der Waals surface area contributed by atoms with Crippen molar-refractivity contribution < 1.29 is 0 Å². The second-order valence-electron chi connectivity index (χ2n) is 17.3. The number of aromatic nitrogens is 2. The van der Waals surface area contributed by atoms with E-state index >= 15 is 0 Å². The van der Waals surface area contributed by atoms with Crippen LogP contribution in [0.5, 0.6) is 0 Å². The standard InChI is InChI=1S/C61H42N2/c1-61(2)55-19-11-10-18-51(55)54-36-47(33-35-56(54)61)41-20-24-43(25-21-41)57-38-58(63-60(62-57)46-30-22-40(23-31-46)39-12-4-3-5-13-39)44-26-28-45(29-27-44)59-50-17-9-7-15-48(50)37-53-49-16-8-6-14-42(49)32-34-52(53)59/h3-38H,1-2H3. The van der Waals surface area contributed by atoms with E-state index in [2.05, 4.69) is 232 Å². The third-order valence-corrected chi connectivity index (χ3v) is 13.3. The van der Waals surface area contributed by atoms with Crippen LogP contribution in [-0.4, -0.2) is 9.97 Å². The first-order chi connectivity index (χ1) is 31.0. The first-order valence-electron chi connectivity index (χ1n) is 21.8. The van der Waals surface area contributed by atoms with Crippen LogP contribution in [0.25, 0.3) is 111 Å². The SMILES string of the molecule is CC1(C)c2ccccc2-c2cc(-c3ccc(-c4cc(-c5ccc(-c6c7ccccc7cc7c6ccc6ccccc67)cc5)nc(-c5ccc(-c6ccccc6)cc5)n4)cc3)ccc21. The highest BCUT2D eigenvalue weighted by atomic mass is 14.9. The first-order valence-corrected chi connectivity index (χ1v) is 21.8. The number of fused-ring (bicyclic) bond motifs is 7. The lowest BCUT2D eigenvalue weighted by molar-refractivity contribution is 0.660. The van der Waals surface area contributed by atoms with E-state index in [1.807, 2.05) is 0 Å². The molecule has 0 bridgehead atoms. The first kappa shape index (κ1) is 36.9. The summed E-state index contributed by atoms with van der Waals surface area (Å²) in [5.74, 6) is 0.696. The lowest BCUT2D eigenvalue weighted by Crippen LogP contribution is -2.14. The molecule has 296 valence electrons. The average molecular weight is 803 g/mol. The van der Waals surface area contributed by atoms with Crippen molar-refractivity contribution in [3.05, 3.63) is 230 Å². The van der Waals surface area contributed by atoms with Crippen molar-refractivity contribution in [3.8, 4) is 78.4 Å². The molecule has 0 amide bonds. The van der Waals surface area contributed by atoms with Crippen LogP contribution < -0.4 is 0 Å². The van der Waals surface area contributed by atoms with Gasteiger partial charge in [0.05, 0.1) is 11.4 Å². The summed E-state index contributed by atoms with van der Waals surface area (Å²) < 4.78 is 0. The second kappa shape index (κ2) is 14.6. The van der Waals surface area contributed by atoms with Crippen LogP contribution in [0.4, 0.5) is 0 Å². The molecule has 2 nitrogen and oxygen atoms in total. The highest BCUT2D eigenvalue weighted by Crippen LogP contribution is 2.49. The van der Waals surface area contributed by atoms with Gasteiger partial charge in [-0.3, -0.25) is 0 Å². The molecule has 0 radical (unpaired) electrons. The van der Waals surface area contributed by atoms with Crippen molar-refractivity contribution >= 4 is 32.3 Å². The molecule has 63 heavy (non-hydrogen) atoms. The van der Waals surface area contributed by atoms with Crippen LogP contribution in [0.3, 0.4) is 0 Å². The summed E-state index contributed by atoms with van der Waals surface area (Å²) in [6, 6.07) is 79.1. The maximum Gasteiger partial charge on any atom is 0.160 e. The van der Waals surface area contributed by atoms with Crippen molar-refractivity contribution in [2.75, 3.05) is 0 Å². The molecule has 2 heteroatoms. The van der Waals surface area contributed by atoms with E-state index in [1.54, 1.807) is 0 Å². The van der Waals surface area contributed by atoms with E-state index < -0.39 is 0 Å². The van der Waals surface area contributed by atoms with Gasteiger partial charge in [0, 0.05) is 22.1 Å². The van der Waals surface area contributed by atoms with Crippen LogP contribution in [-0.2, 0) is 5.41 Å². The number of rotatable bonds is 6. The average Bonchev–Trinajstić information content (AvgIpc) is 3.58. The van der Waals surface area contributed by atoms with Crippen LogP contribution in [0, 0.1) is 0 Å². The number of nitrogens with zero attached hydrogens (tertiary/aromatic N) is 2. The van der Waals surface area contributed by atoms with Gasteiger partial charge in [-0.05, 0) is 106 Å². The fourth-order valence-electron chi connectivity index (χ4n) is 9.99. The minimum absolute atomic E-state index is 0.0153. The number of benzene rings is 10. The molecule has 11 aromatic rings. The second-order valence-corrected chi connectivity index (χ2v) is 17.3. The van der Waals surface area contributed by atoms with Crippen LogP contribution >= 0.6 is 0 Å². The zero-order chi connectivity index (χ0) is 42.1. The smallest absolute Gasteiger partial charge is 0.160 e. The Hall–Kier alpha value is -7.94. The summed E-state index contributed by atoms with van der Waals surface area (Å²) in [7, 11) is 0. The van der Waals surface area contributed by atoms with Crippen LogP contribution in [0.1, 0.15) is 25.0 Å². The Labute approximate surface area is 367 Å². The van der Waals surface area contributed by atoms with Crippen molar-refractivity contribution in [2.24, 2.45) is 0 Å². The number of hydrogen-bond acceptors (Lipinski definition) is 2. The summed E-state index contributed by atoms with van der Waals surface area (Å²) in [6.07, 6.45) is 0. The summed E-state index contributed by atoms with van der Waals surface area (Å²) in [5, 5.41) is 7.52. The summed E-state index contributed by atoms with van der Waals surface area (Å²) in [5.41, 5.74) is 17.4. The van der Waals surface area contributed by atoms with Crippen LogP contribution in [0.15, 0.2) is 218 Å². The largest absolute Gasteiger partial charge is 0.228 e. The quantitative estimate of drug-likeness (QED) is 0.124. The molecule has 0 spiro atoms. The van der Waals surface area contributed by atoms with Crippen molar-refractivity contribution in [2.45, 2.75) is 19.3 Å². The maximum atomic E-state index is 5.26. The molecule has 0 N–H and O–H groups in total. The van der Waals surface area contributed by atoms with Crippen molar-refractivity contribution in [3.63, 3.8) is 0 Å². The Morgan fingerprint density at radius 2 is 0.825 bits per heavy atom. The van der Waals surface area contributed by atoms with Crippen molar-refractivity contribution in [1.29, 1.82) is 0 Å². The van der Waals surface area contributed by atoms with Gasteiger partial charge in [-0.15, -0.1) is 0 Å². The summed E-state index contributed by atoms with van der Waals surface area (Å²) >= 11 is 0. The molecule has 1 heterocycles. The lowest BCUT2D eigenvalue weighted by atomic mass is 9.82. The molecule has 0 atom stereocenters. The van der Waals surface area contributed by atoms with Gasteiger partial charge >= 0.3 is 0 Å². The van der Waals surface area contributed by atoms with Gasteiger partial charge in [-0.1, -0.05) is 214 Å². The van der Waals surface area contributed by atoms with Crippen LogP contribution in [0.2, 0.25) is 0 Å². The molecule has 0 saturated carbocycles. The van der Waals surface area contributed by atoms with Gasteiger partial charge in [0.2, 0.25) is 0 Å². The molecule has 1 aliphatic carbocycles. The van der Waals surface area contributed by atoms with E-state index in [-0.39, 0.29) is 5.41 Å². The lowest BCUT2D eigenvalue weighted by Gasteiger charge is -2.21. The summed E-state index contributed by atoms with van der Waals surface area (Å²) in [6.45, 7) is 4.66. The Balaban J connectivity index is 0.948. The van der Waals surface area contributed by atoms with E-state index in [1.165, 1.54) is 82.4 Å². The molecule has 0 aliphatic heterocycles. The van der Waals surface area contributed by atoms with E-state index in [4.69, 9.17) is 9.97 Å². The van der Waals surface area contributed by atoms with Gasteiger partial charge < -0.3 is 0 Å². The van der Waals surface area contributed by atoms with Crippen molar-refractivity contribution in [1.82, 2.24) is 9.97 Å². The zero-order valence-electron chi connectivity index (χ0n) is 35.2. The Morgan fingerprint density at radius 3 is 1.56 bits per heavy atom. The molecular weight excluding hydrogens is 761 g/mol. The van der Waals surface area contributed by atoms with Gasteiger partial charge in [0.1, 0.15) is 0 Å². The zero-order valence-corrected chi connectivity index (χ0v) is 35.2. The third-order valence-electron chi connectivity index (χ3n) is 13.3. The molecule has 12 rings (SSSR count). The molecule has 1 aromatic heterocycles. The van der Waals surface area contributed by atoms with E-state index in [9.17, 15) is 0 Å². The summed E-state index contributed by atoms with van der Waals surface area (Å²) in [4.78, 5) is 10.5. The number of hydrogen-bond donors (Lipinski definition) is 0. The topological polar surface area (TPSA) is 25.8 Å². The maximum absolute atomic E-state index is 5.26. The van der Waals surface area contributed by atoms with Gasteiger partial charge in [-0.25, -0.2) is 9.97 Å². The predicted octanol–water partition coefficient (Wildman–Crippen LogP) is 16.2. The third kappa shape index (κ3) is 6.25. The molecule has 1 aliphatic rings. The molecular formula is C61H42N2. The van der Waals surface area contributed by atoms with Gasteiger partial charge in [0.15, 0.2) is 5.82 Å². The van der Waals surface area contributed by atoms with E-state index in [0.717, 1.165) is 33.6 Å². The predicted molar refractivity (Wildman–Crippen MR) is 265 cm³/mol.